The largest absolute Gasteiger partial charge is 0.337 e. The standard InChI is InChI=1S/C16H17NOS/c1-17(12-13-6-4-3-5-7-13)16(18)14-8-10-15(19-2)11-9-14/h3-11H,12H2,1-2H3. The van der Waals surface area contributed by atoms with Crippen LogP contribution in [0.25, 0.3) is 0 Å². The molecule has 0 saturated carbocycles. The van der Waals surface area contributed by atoms with Gasteiger partial charge in [-0.05, 0) is 36.1 Å². The van der Waals surface area contributed by atoms with E-state index in [9.17, 15) is 4.79 Å². The summed E-state index contributed by atoms with van der Waals surface area (Å²) in [7, 11) is 1.83. The highest BCUT2D eigenvalue weighted by Crippen LogP contribution is 2.16. The Balaban J connectivity index is 2.06. The van der Waals surface area contributed by atoms with Crippen molar-refractivity contribution in [3.05, 3.63) is 65.7 Å². The van der Waals surface area contributed by atoms with Crippen LogP contribution in [0.15, 0.2) is 59.5 Å². The van der Waals surface area contributed by atoms with Crippen molar-refractivity contribution >= 4 is 17.7 Å². The van der Waals surface area contributed by atoms with Crippen LogP contribution in [-0.4, -0.2) is 24.1 Å². The molecule has 0 radical (unpaired) electrons. The number of benzene rings is 2. The van der Waals surface area contributed by atoms with Gasteiger partial charge in [-0.25, -0.2) is 0 Å². The van der Waals surface area contributed by atoms with E-state index in [1.54, 1.807) is 16.7 Å². The van der Waals surface area contributed by atoms with E-state index in [0.29, 0.717) is 6.54 Å². The molecule has 0 N–H and O–H groups in total. The molecule has 0 atom stereocenters. The summed E-state index contributed by atoms with van der Waals surface area (Å²) in [6.07, 6.45) is 2.03. The number of carbonyl (C=O) groups is 1. The lowest BCUT2D eigenvalue weighted by Gasteiger charge is -2.17. The van der Waals surface area contributed by atoms with Crippen LogP contribution in [0.5, 0.6) is 0 Å². The first-order chi connectivity index (χ1) is 9.20. The molecule has 98 valence electrons. The average Bonchev–Trinajstić information content (AvgIpc) is 2.47. The monoisotopic (exact) mass is 271 g/mol. The van der Waals surface area contributed by atoms with E-state index < -0.39 is 0 Å². The van der Waals surface area contributed by atoms with Crippen molar-refractivity contribution in [3.63, 3.8) is 0 Å². The third-order valence-electron chi connectivity index (χ3n) is 2.95. The first-order valence-electron chi connectivity index (χ1n) is 6.14. The van der Waals surface area contributed by atoms with Crippen LogP contribution < -0.4 is 0 Å². The van der Waals surface area contributed by atoms with E-state index in [1.807, 2.05) is 67.9 Å². The van der Waals surface area contributed by atoms with Crippen LogP contribution >= 0.6 is 11.8 Å². The predicted molar refractivity (Wildman–Crippen MR) is 80.5 cm³/mol. The van der Waals surface area contributed by atoms with Crippen LogP contribution in [0.2, 0.25) is 0 Å². The summed E-state index contributed by atoms with van der Waals surface area (Å²) in [5.74, 6) is 0.0523. The van der Waals surface area contributed by atoms with Gasteiger partial charge in [0.05, 0.1) is 0 Å². The molecular weight excluding hydrogens is 254 g/mol. The molecule has 0 heterocycles. The molecule has 0 fully saturated rings. The fraction of sp³-hybridized carbons (Fsp3) is 0.188. The summed E-state index contributed by atoms with van der Waals surface area (Å²) in [6, 6.07) is 17.7. The summed E-state index contributed by atoms with van der Waals surface area (Å²) in [4.78, 5) is 15.2. The smallest absolute Gasteiger partial charge is 0.253 e. The SMILES string of the molecule is CSc1ccc(C(=O)N(C)Cc2ccccc2)cc1. The number of amides is 1. The zero-order chi connectivity index (χ0) is 13.7. The lowest BCUT2D eigenvalue weighted by atomic mass is 10.1. The Hall–Kier alpha value is -1.74. The minimum Gasteiger partial charge on any atom is -0.337 e. The number of thioether (sulfide) groups is 1. The summed E-state index contributed by atoms with van der Waals surface area (Å²) < 4.78 is 0. The molecule has 0 aliphatic heterocycles. The highest BCUT2D eigenvalue weighted by atomic mass is 32.2. The van der Waals surface area contributed by atoms with Crippen molar-refractivity contribution < 1.29 is 4.79 Å². The van der Waals surface area contributed by atoms with Gasteiger partial charge in [-0.2, -0.15) is 0 Å². The molecule has 1 amide bonds. The van der Waals surface area contributed by atoms with Gasteiger partial charge in [0.2, 0.25) is 0 Å². The van der Waals surface area contributed by atoms with Crippen molar-refractivity contribution in [3.8, 4) is 0 Å². The minimum absolute atomic E-state index is 0.0523. The topological polar surface area (TPSA) is 20.3 Å². The van der Waals surface area contributed by atoms with Crippen LogP contribution in [0.4, 0.5) is 0 Å². The van der Waals surface area contributed by atoms with E-state index in [4.69, 9.17) is 0 Å². The number of nitrogens with zero attached hydrogens (tertiary/aromatic N) is 1. The fourth-order valence-electron chi connectivity index (χ4n) is 1.88. The lowest BCUT2D eigenvalue weighted by molar-refractivity contribution is 0.0785. The molecule has 2 rings (SSSR count). The third kappa shape index (κ3) is 3.61. The Morgan fingerprint density at radius 3 is 2.26 bits per heavy atom. The highest BCUT2D eigenvalue weighted by Gasteiger charge is 2.11. The summed E-state index contributed by atoms with van der Waals surface area (Å²) >= 11 is 1.68. The molecule has 0 unspecified atom stereocenters. The van der Waals surface area contributed by atoms with Crippen LogP contribution in [0, 0.1) is 0 Å². The first kappa shape index (κ1) is 13.7. The molecule has 0 aliphatic carbocycles. The van der Waals surface area contributed by atoms with Crippen molar-refractivity contribution in [1.82, 2.24) is 4.90 Å². The zero-order valence-electron chi connectivity index (χ0n) is 11.2. The number of carbonyl (C=O) groups excluding carboxylic acids is 1. The molecular formula is C16H17NOS. The average molecular weight is 271 g/mol. The molecule has 3 heteroatoms. The first-order valence-corrected chi connectivity index (χ1v) is 7.36. The molecule has 2 aromatic rings. The highest BCUT2D eigenvalue weighted by molar-refractivity contribution is 7.98. The lowest BCUT2D eigenvalue weighted by Crippen LogP contribution is -2.26. The molecule has 0 aliphatic rings. The quantitative estimate of drug-likeness (QED) is 0.791. The second-order valence-corrected chi connectivity index (χ2v) is 5.25. The van der Waals surface area contributed by atoms with Gasteiger partial charge in [-0.1, -0.05) is 30.3 Å². The predicted octanol–water partition coefficient (Wildman–Crippen LogP) is 3.68. The second kappa shape index (κ2) is 6.43. The maximum Gasteiger partial charge on any atom is 0.253 e. The number of hydrogen-bond donors (Lipinski definition) is 0. The van der Waals surface area contributed by atoms with E-state index in [-0.39, 0.29) is 5.91 Å². The fourth-order valence-corrected chi connectivity index (χ4v) is 2.29. The van der Waals surface area contributed by atoms with Gasteiger partial charge in [0.1, 0.15) is 0 Å². The van der Waals surface area contributed by atoms with Crippen molar-refractivity contribution in [1.29, 1.82) is 0 Å². The Labute approximate surface area is 118 Å². The molecule has 0 saturated heterocycles. The van der Waals surface area contributed by atoms with Crippen LogP contribution in [0.3, 0.4) is 0 Å². The minimum atomic E-state index is 0.0523. The molecule has 2 aromatic carbocycles. The zero-order valence-corrected chi connectivity index (χ0v) is 12.0. The van der Waals surface area contributed by atoms with Gasteiger partial charge in [-0.15, -0.1) is 11.8 Å². The van der Waals surface area contributed by atoms with E-state index >= 15 is 0 Å². The second-order valence-electron chi connectivity index (χ2n) is 4.38. The van der Waals surface area contributed by atoms with E-state index in [2.05, 4.69) is 0 Å². The van der Waals surface area contributed by atoms with Gasteiger partial charge in [0.25, 0.3) is 5.91 Å². The van der Waals surface area contributed by atoms with Gasteiger partial charge in [-0.3, -0.25) is 4.79 Å². The Kier molecular flexibility index (Phi) is 4.63. The van der Waals surface area contributed by atoms with Gasteiger partial charge >= 0.3 is 0 Å². The molecule has 0 aromatic heterocycles. The number of rotatable bonds is 4. The van der Waals surface area contributed by atoms with Gasteiger partial charge in [0, 0.05) is 24.1 Å². The Morgan fingerprint density at radius 2 is 1.68 bits per heavy atom. The van der Waals surface area contributed by atoms with Crippen molar-refractivity contribution in [2.24, 2.45) is 0 Å². The summed E-state index contributed by atoms with van der Waals surface area (Å²) in [6.45, 7) is 0.629. The van der Waals surface area contributed by atoms with E-state index in [0.717, 1.165) is 11.1 Å². The van der Waals surface area contributed by atoms with E-state index in [1.165, 1.54) is 4.90 Å². The third-order valence-corrected chi connectivity index (χ3v) is 3.69. The normalized spacial score (nSPS) is 10.2. The Morgan fingerprint density at radius 1 is 1.05 bits per heavy atom. The number of hydrogen-bond acceptors (Lipinski definition) is 2. The van der Waals surface area contributed by atoms with Crippen LogP contribution in [-0.2, 0) is 6.54 Å². The van der Waals surface area contributed by atoms with Crippen molar-refractivity contribution in [2.45, 2.75) is 11.4 Å². The molecule has 0 bridgehead atoms. The molecule has 2 nitrogen and oxygen atoms in total. The van der Waals surface area contributed by atoms with Gasteiger partial charge < -0.3 is 4.90 Å². The summed E-state index contributed by atoms with van der Waals surface area (Å²) in [5.41, 5.74) is 1.87. The van der Waals surface area contributed by atoms with Crippen molar-refractivity contribution in [2.75, 3.05) is 13.3 Å². The molecule has 0 spiro atoms. The van der Waals surface area contributed by atoms with Crippen LogP contribution in [0.1, 0.15) is 15.9 Å². The van der Waals surface area contributed by atoms with Gasteiger partial charge in [0.15, 0.2) is 0 Å². The maximum atomic E-state index is 12.3. The Bertz CT molecular complexity index is 536. The summed E-state index contributed by atoms with van der Waals surface area (Å²) in [5, 5.41) is 0. The maximum absolute atomic E-state index is 12.3. The molecule has 19 heavy (non-hydrogen) atoms.